The molecule has 0 aromatic carbocycles. The molecule has 2 nitrogen and oxygen atoms in total. The van der Waals surface area contributed by atoms with Crippen molar-refractivity contribution in [1.82, 2.24) is 4.90 Å². The Hall–Kier alpha value is -0.0500. The molecule has 0 radical (unpaired) electrons. The van der Waals surface area contributed by atoms with Crippen LogP contribution in [0.3, 0.4) is 0 Å². The molecule has 19 heavy (non-hydrogen) atoms. The molecule has 1 aliphatic heterocycles. The fraction of sp³-hybridized carbons (Fsp3) is 0.938. The molecular formula is C16H30BrNO. The van der Waals surface area contributed by atoms with E-state index < -0.39 is 0 Å². The summed E-state index contributed by atoms with van der Waals surface area (Å²) in [5.74, 6) is 0.331. The van der Waals surface area contributed by atoms with Crippen LogP contribution in [0.25, 0.3) is 0 Å². The zero-order valence-electron chi connectivity index (χ0n) is 12.5. The van der Waals surface area contributed by atoms with Crippen molar-refractivity contribution in [2.24, 2.45) is 0 Å². The van der Waals surface area contributed by atoms with Crippen LogP contribution in [0.15, 0.2) is 0 Å². The van der Waals surface area contributed by atoms with Gasteiger partial charge in [-0.25, -0.2) is 0 Å². The molecule has 0 aromatic rings. The van der Waals surface area contributed by atoms with E-state index in [4.69, 9.17) is 0 Å². The van der Waals surface area contributed by atoms with Crippen LogP contribution in [0.2, 0.25) is 0 Å². The lowest BCUT2D eigenvalue weighted by molar-refractivity contribution is -0.127. The number of nitrogens with zero attached hydrogens (tertiary/aromatic N) is 1. The van der Waals surface area contributed by atoms with Gasteiger partial charge in [-0.2, -0.15) is 0 Å². The maximum atomic E-state index is 11.6. The van der Waals surface area contributed by atoms with Crippen molar-refractivity contribution in [2.45, 2.75) is 82.4 Å². The van der Waals surface area contributed by atoms with Gasteiger partial charge in [0, 0.05) is 24.3 Å². The highest BCUT2D eigenvalue weighted by Gasteiger charge is 2.26. The number of rotatable bonds is 11. The normalized spacial score (nSPS) is 19.4. The largest absolute Gasteiger partial charge is 0.342 e. The van der Waals surface area contributed by atoms with Crippen molar-refractivity contribution in [1.29, 1.82) is 0 Å². The lowest BCUT2D eigenvalue weighted by Gasteiger charge is -2.15. The van der Waals surface area contributed by atoms with Crippen molar-refractivity contribution in [3.05, 3.63) is 0 Å². The minimum atomic E-state index is 0.331. The summed E-state index contributed by atoms with van der Waals surface area (Å²) in [7, 11) is 0. The summed E-state index contributed by atoms with van der Waals surface area (Å²) in [4.78, 5) is 14.0. The van der Waals surface area contributed by atoms with Crippen LogP contribution in [0.4, 0.5) is 0 Å². The number of hydrogen-bond acceptors (Lipinski definition) is 1. The fourth-order valence-electron chi connectivity index (χ4n) is 2.73. The zero-order chi connectivity index (χ0) is 13.9. The summed E-state index contributed by atoms with van der Waals surface area (Å²) in [6.45, 7) is 4.15. The number of alkyl halides is 1. The summed E-state index contributed by atoms with van der Waals surface area (Å²) in [5.41, 5.74) is 0. The summed E-state index contributed by atoms with van der Waals surface area (Å²) < 4.78 is 0. The molecule has 0 aromatic heterocycles. The van der Waals surface area contributed by atoms with E-state index in [1.807, 2.05) is 4.90 Å². The van der Waals surface area contributed by atoms with Gasteiger partial charge >= 0.3 is 0 Å². The number of halogens is 1. The number of carbonyl (C=O) groups excluding carboxylic acids is 1. The van der Waals surface area contributed by atoms with Crippen LogP contribution in [0.1, 0.15) is 77.6 Å². The van der Waals surface area contributed by atoms with Crippen LogP contribution >= 0.6 is 15.9 Å². The zero-order valence-corrected chi connectivity index (χ0v) is 14.1. The monoisotopic (exact) mass is 331 g/mol. The van der Waals surface area contributed by atoms with Gasteiger partial charge in [-0.05, 0) is 6.42 Å². The predicted octanol–water partition coefficient (Wildman–Crippen LogP) is 4.90. The Morgan fingerprint density at radius 1 is 1.00 bits per heavy atom. The minimum absolute atomic E-state index is 0.331. The second-order valence-corrected chi connectivity index (χ2v) is 7.12. The quantitative estimate of drug-likeness (QED) is 0.389. The van der Waals surface area contributed by atoms with Gasteiger partial charge in [-0.1, -0.05) is 80.6 Å². The summed E-state index contributed by atoms with van der Waals surface area (Å²) >= 11 is 3.53. The molecule has 0 saturated carbocycles. The van der Waals surface area contributed by atoms with Crippen LogP contribution in [-0.2, 0) is 4.79 Å². The molecule has 1 saturated heterocycles. The van der Waals surface area contributed by atoms with E-state index in [2.05, 4.69) is 22.9 Å². The molecule has 0 bridgehead atoms. The molecule has 112 valence electrons. The van der Waals surface area contributed by atoms with Crippen LogP contribution < -0.4 is 0 Å². The molecule has 0 aliphatic carbocycles. The maximum absolute atomic E-state index is 11.6. The Morgan fingerprint density at radius 2 is 1.53 bits per heavy atom. The van der Waals surface area contributed by atoms with Gasteiger partial charge in [0.2, 0.25) is 5.91 Å². The summed E-state index contributed by atoms with van der Waals surface area (Å²) in [5, 5.41) is 0. The van der Waals surface area contributed by atoms with Gasteiger partial charge < -0.3 is 4.90 Å². The lowest BCUT2D eigenvalue weighted by atomic mass is 10.1. The highest BCUT2D eigenvalue weighted by Crippen LogP contribution is 2.18. The predicted molar refractivity (Wildman–Crippen MR) is 85.8 cm³/mol. The number of unbranched alkanes of at least 4 members (excludes halogenated alkanes) is 9. The number of carbonyl (C=O) groups is 1. The first-order valence-corrected chi connectivity index (χ1v) is 9.07. The van der Waals surface area contributed by atoms with Crippen molar-refractivity contribution in [2.75, 3.05) is 13.1 Å². The van der Waals surface area contributed by atoms with E-state index in [-0.39, 0.29) is 0 Å². The Labute approximate surface area is 127 Å². The standard InChI is InChI=1S/C16H30BrNO/c1-2-3-4-5-6-7-8-9-10-11-12-18-14-15(17)13-16(18)19/h15H,2-14H2,1H3. The molecule has 0 spiro atoms. The van der Waals surface area contributed by atoms with Gasteiger partial charge in [0.05, 0.1) is 0 Å². The molecule has 1 atom stereocenters. The van der Waals surface area contributed by atoms with Gasteiger partial charge in [0.25, 0.3) is 0 Å². The minimum Gasteiger partial charge on any atom is -0.342 e. The second kappa shape index (κ2) is 10.7. The highest BCUT2D eigenvalue weighted by atomic mass is 79.9. The van der Waals surface area contributed by atoms with Gasteiger partial charge in [0.15, 0.2) is 0 Å². The first kappa shape index (κ1) is 17.0. The average Bonchev–Trinajstić information content (AvgIpc) is 2.70. The van der Waals surface area contributed by atoms with Crippen LogP contribution in [0, 0.1) is 0 Å². The van der Waals surface area contributed by atoms with Gasteiger partial charge in [0.1, 0.15) is 0 Å². The number of likely N-dealkylation sites (tertiary alicyclic amines) is 1. The van der Waals surface area contributed by atoms with E-state index in [0.29, 0.717) is 17.2 Å². The van der Waals surface area contributed by atoms with Crippen molar-refractivity contribution in [3.8, 4) is 0 Å². The van der Waals surface area contributed by atoms with E-state index in [9.17, 15) is 4.79 Å². The first-order chi connectivity index (χ1) is 9.24. The number of amides is 1. The van der Waals surface area contributed by atoms with Gasteiger partial charge in [-0.3, -0.25) is 4.79 Å². The molecule has 3 heteroatoms. The maximum Gasteiger partial charge on any atom is 0.223 e. The highest BCUT2D eigenvalue weighted by molar-refractivity contribution is 9.09. The first-order valence-electron chi connectivity index (χ1n) is 8.16. The second-order valence-electron chi connectivity index (χ2n) is 5.82. The topological polar surface area (TPSA) is 20.3 Å². The smallest absolute Gasteiger partial charge is 0.223 e. The molecule has 1 heterocycles. The van der Waals surface area contributed by atoms with E-state index in [1.54, 1.807) is 0 Å². The van der Waals surface area contributed by atoms with Crippen LogP contribution in [0.5, 0.6) is 0 Å². The molecule has 1 rings (SSSR count). The Balaban J connectivity index is 1.82. The molecule has 1 aliphatic rings. The third-order valence-corrected chi connectivity index (χ3v) is 4.56. The average molecular weight is 332 g/mol. The Morgan fingerprint density at radius 3 is 2.00 bits per heavy atom. The molecule has 1 amide bonds. The van der Waals surface area contributed by atoms with Crippen molar-refractivity contribution < 1.29 is 4.79 Å². The molecule has 1 fully saturated rings. The van der Waals surface area contributed by atoms with E-state index in [0.717, 1.165) is 13.1 Å². The van der Waals surface area contributed by atoms with Crippen molar-refractivity contribution in [3.63, 3.8) is 0 Å². The summed E-state index contributed by atoms with van der Waals surface area (Å²) in [6, 6.07) is 0. The Kier molecular flexibility index (Phi) is 9.58. The third kappa shape index (κ3) is 7.96. The van der Waals surface area contributed by atoms with Crippen molar-refractivity contribution >= 4 is 21.8 Å². The summed E-state index contributed by atoms with van der Waals surface area (Å²) in [6.07, 6.45) is 14.3. The van der Waals surface area contributed by atoms with E-state index in [1.165, 1.54) is 64.2 Å². The van der Waals surface area contributed by atoms with Gasteiger partial charge in [-0.15, -0.1) is 0 Å². The molecule has 1 unspecified atom stereocenters. The SMILES string of the molecule is CCCCCCCCCCCCN1CC(Br)CC1=O. The number of hydrogen-bond donors (Lipinski definition) is 0. The third-order valence-electron chi connectivity index (χ3n) is 3.95. The van der Waals surface area contributed by atoms with Crippen LogP contribution in [-0.4, -0.2) is 28.7 Å². The molecule has 0 N–H and O–H groups in total. The fourth-order valence-corrected chi connectivity index (χ4v) is 3.36. The molecular weight excluding hydrogens is 302 g/mol. The Bertz CT molecular complexity index is 245. The van der Waals surface area contributed by atoms with E-state index >= 15 is 0 Å². The lowest BCUT2D eigenvalue weighted by Crippen LogP contribution is -2.26.